The lowest BCUT2D eigenvalue weighted by Crippen LogP contribution is -2.33. The molecule has 0 atom stereocenters. The van der Waals surface area contributed by atoms with Gasteiger partial charge in [-0.05, 0) is 25.5 Å². The summed E-state index contributed by atoms with van der Waals surface area (Å²) in [6.07, 6.45) is 2.86. The van der Waals surface area contributed by atoms with E-state index in [1.54, 1.807) is 0 Å². The number of thiophene rings is 1. The fourth-order valence-corrected chi connectivity index (χ4v) is 3.88. The summed E-state index contributed by atoms with van der Waals surface area (Å²) in [4.78, 5) is 30.1. The third kappa shape index (κ3) is 5.88. The molecule has 3 rings (SSSR count). The number of carbonyl (C=O) groups is 1. The molecule has 2 N–H and O–H groups in total. The average molecular weight is 435 g/mol. The van der Waals surface area contributed by atoms with Crippen LogP contribution in [0.25, 0.3) is 21.3 Å². The fourth-order valence-electron chi connectivity index (χ4n) is 2.97. The first kappa shape index (κ1) is 23.1. The van der Waals surface area contributed by atoms with E-state index < -0.39 is 0 Å². The molecule has 8 heteroatoms. The topological polar surface area (TPSA) is 76.0 Å². The van der Waals surface area contributed by atoms with Gasteiger partial charge in [0.2, 0.25) is 5.91 Å². The van der Waals surface area contributed by atoms with E-state index in [-0.39, 0.29) is 30.3 Å². The SMILES string of the molecule is CCCNCCNC(=O)CCn1cnc2scc(-c3ccc(C)cc3)c2c1=O.Cl. The zero-order valence-corrected chi connectivity index (χ0v) is 18.4. The van der Waals surface area contributed by atoms with Gasteiger partial charge >= 0.3 is 0 Å². The van der Waals surface area contributed by atoms with Crippen molar-refractivity contribution >= 4 is 39.9 Å². The number of nitrogens with zero attached hydrogens (tertiary/aromatic N) is 2. The highest BCUT2D eigenvalue weighted by Crippen LogP contribution is 2.30. The van der Waals surface area contributed by atoms with Crippen molar-refractivity contribution in [3.8, 4) is 11.1 Å². The second-order valence-electron chi connectivity index (χ2n) is 6.79. The first-order valence-electron chi connectivity index (χ1n) is 9.61. The van der Waals surface area contributed by atoms with Crippen molar-refractivity contribution in [3.63, 3.8) is 0 Å². The minimum Gasteiger partial charge on any atom is -0.355 e. The van der Waals surface area contributed by atoms with Gasteiger partial charge in [0.1, 0.15) is 4.83 Å². The lowest BCUT2D eigenvalue weighted by Gasteiger charge is -2.08. The van der Waals surface area contributed by atoms with Crippen molar-refractivity contribution in [2.24, 2.45) is 0 Å². The standard InChI is InChI=1S/C21H26N4O2S.ClH/c1-3-9-22-10-11-23-18(26)8-12-25-14-24-20-19(21(25)27)17(13-28-20)16-6-4-15(2)5-7-16;/h4-7,13-14,22H,3,8-12H2,1-2H3,(H,23,26);1H. The first-order valence-corrected chi connectivity index (χ1v) is 10.5. The molecule has 0 fully saturated rings. The fraction of sp³-hybridized carbons (Fsp3) is 0.381. The zero-order valence-electron chi connectivity index (χ0n) is 16.7. The Bertz CT molecular complexity index is 998. The Labute approximate surface area is 180 Å². The van der Waals surface area contributed by atoms with Crippen molar-refractivity contribution in [3.05, 3.63) is 51.9 Å². The van der Waals surface area contributed by atoms with E-state index in [1.165, 1.54) is 27.8 Å². The molecule has 0 aliphatic heterocycles. The molecular weight excluding hydrogens is 408 g/mol. The summed E-state index contributed by atoms with van der Waals surface area (Å²) >= 11 is 1.47. The Morgan fingerprint density at radius 3 is 2.66 bits per heavy atom. The van der Waals surface area contributed by atoms with Crippen LogP contribution in [-0.4, -0.2) is 35.1 Å². The molecule has 3 aromatic rings. The highest BCUT2D eigenvalue weighted by molar-refractivity contribution is 7.17. The maximum Gasteiger partial charge on any atom is 0.262 e. The number of aromatic nitrogens is 2. The molecule has 0 saturated carbocycles. The van der Waals surface area contributed by atoms with Crippen LogP contribution >= 0.6 is 23.7 Å². The second kappa shape index (κ2) is 11.1. The number of halogens is 1. The van der Waals surface area contributed by atoms with Gasteiger partial charge in [-0.3, -0.25) is 14.2 Å². The minimum atomic E-state index is -0.0979. The quantitative estimate of drug-likeness (QED) is 0.506. The molecule has 156 valence electrons. The number of amides is 1. The monoisotopic (exact) mass is 434 g/mol. The van der Waals surface area contributed by atoms with E-state index in [4.69, 9.17) is 0 Å². The number of fused-ring (bicyclic) bond motifs is 1. The molecule has 2 heterocycles. The van der Waals surface area contributed by atoms with Crippen LogP contribution in [-0.2, 0) is 11.3 Å². The Hall–Kier alpha value is -2.22. The highest BCUT2D eigenvalue weighted by atomic mass is 35.5. The molecular formula is C21H27ClN4O2S. The lowest BCUT2D eigenvalue weighted by molar-refractivity contribution is -0.121. The van der Waals surface area contributed by atoms with Gasteiger partial charge in [0.05, 0.1) is 11.7 Å². The average Bonchev–Trinajstić information content (AvgIpc) is 3.13. The Morgan fingerprint density at radius 2 is 1.93 bits per heavy atom. The van der Waals surface area contributed by atoms with Gasteiger partial charge in [0.15, 0.2) is 0 Å². The molecule has 1 amide bonds. The molecule has 0 spiro atoms. The molecule has 0 unspecified atom stereocenters. The molecule has 0 radical (unpaired) electrons. The van der Waals surface area contributed by atoms with Crippen molar-refractivity contribution in [1.29, 1.82) is 0 Å². The summed E-state index contributed by atoms with van der Waals surface area (Å²) in [5.41, 5.74) is 2.98. The molecule has 0 saturated heterocycles. The van der Waals surface area contributed by atoms with Crippen LogP contribution in [0.15, 0.2) is 40.8 Å². The third-order valence-electron chi connectivity index (χ3n) is 4.55. The van der Waals surface area contributed by atoms with Crippen LogP contribution in [0.3, 0.4) is 0 Å². The summed E-state index contributed by atoms with van der Waals surface area (Å²) in [5, 5.41) is 8.71. The third-order valence-corrected chi connectivity index (χ3v) is 5.44. The number of carbonyl (C=O) groups excluding carboxylic acids is 1. The number of benzene rings is 1. The van der Waals surface area contributed by atoms with Crippen LogP contribution in [0, 0.1) is 6.92 Å². The molecule has 0 aliphatic rings. The predicted octanol–water partition coefficient (Wildman–Crippen LogP) is 3.36. The predicted molar refractivity (Wildman–Crippen MR) is 122 cm³/mol. The van der Waals surface area contributed by atoms with Crippen LogP contribution < -0.4 is 16.2 Å². The van der Waals surface area contributed by atoms with Gasteiger partial charge < -0.3 is 10.6 Å². The van der Waals surface area contributed by atoms with Gasteiger partial charge in [-0.2, -0.15) is 0 Å². The number of nitrogens with one attached hydrogen (secondary N) is 2. The summed E-state index contributed by atoms with van der Waals surface area (Å²) < 4.78 is 1.53. The van der Waals surface area contributed by atoms with E-state index in [0.29, 0.717) is 18.5 Å². The van der Waals surface area contributed by atoms with Crippen molar-refractivity contribution in [1.82, 2.24) is 20.2 Å². The number of hydrogen-bond acceptors (Lipinski definition) is 5. The van der Waals surface area contributed by atoms with Gasteiger partial charge in [-0.25, -0.2) is 4.98 Å². The Morgan fingerprint density at radius 1 is 1.17 bits per heavy atom. The summed E-state index contributed by atoms with van der Waals surface area (Å²) in [6, 6.07) is 8.11. The molecule has 1 aromatic carbocycles. The second-order valence-corrected chi connectivity index (χ2v) is 7.65. The summed E-state index contributed by atoms with van der Waals surface area (Å²) in [6.45, 7) is 6.75. The molecule has 6 nitrogen and oxygen atoms in total. The van der Waals surface area contributed by atoms with Gasteiger partial charge in [0, 0.05) is 37.0 Å². The molecule has 2 aromatic heterocycles. The van der Waals surface area contributed by atoms with E-state index in [9.17, 15) is 9.59 Å². The maximum absolute atomic E-state index is 13.0. The van der Waals surface area contributed by atoms with Gasteiger partial charge in [-0.1, -0.05) is 36.8 Å². The van der Waals surface area contributed by atoms with Crippen molar-refractivity contribution in [2.45, 2.75) is 33.2 Å². The summed E-state index contributed by atoms with van der Waals surface area (Å²) in [5.74, 6) is -0.0608. The Kier molecular flexibility index (Phi) is 8.82. The van der Waals surface area contributed by atoms with E-state index in [0.717, 1.165) is 35.5 Å². The van der Waals surface area contributed by atoms with Gasteiger partial charge in [0.25, 0.3) is 5.56 Å². The lowest BCUT2D eigenvalue weighted by atomic mass is 10.1. The van der Waals surface area contributed by atoms with Crippen LogP contribution in [0.1, 0.15) is 25.3 Å². The van der Waals surface area contributed by atoms with Gasteiger partial charge in [-0.15, -0.1) is 23.7 Å². The maximum atomic E-state index is 13.0. The largest absolute Gasteiger partial charge is 0.355 e. The summed E-state index contributed by atoms with van der Waals surface area (Å²) in [7, 11) is 0. The van der Waals surface area contributed by atoms with E-state index >= 15 is 0 Å². The Balaban J connectivity index is 0.00000300. The number of rotatable bonds is 9. The van der Waals surface area contributed by atoms with Crippen LogP contribution in [0.2, 0.25) is 0 Å². The smallest absolute Gasteiger partial charge is 0.262 e. The number of hydrogen-bond donors (Lipinski definition) is 2. The zero-order chi connectivity index (χ0) is 19.9. The van der Waals surface area contributed by atoms with E-state index in [2.05, 4.69) is 22.5 Å². The minimum absolute atomic E-state index is 0. The molecule has 0 aliphatic carbocycles. The van der Waals surface area contributed by atoms with Crippen molar-refractivity contribution < 1.29 is 4.79 Å². The molecule has 29 heavy (non-hydrogen) atoms. The van der Waals surface area contributed by atoms with Crippen LogP contribution in [0.4, 0.5) is 0 Å². The van der Waals surface area contributed by atoms with Crippen LogP contribution in [0.5, 0.6) is 0 Å². The first-order chi connectivity index (χ1) is 13.6. The number of aryl methyl sites for hydroxylation is 2. The normalized spacial score (nSPS) is 10.7. The van der Waals surface area contributed by atoms with E-state index in [1.807, 2.05) is 36.6 Å². The molecule has 0 bridgehead atoms. The highest BCUT2D eigenvalue weighted by Gasteiger charge is 2.13. The van der Waals surface area contributed by atoms with Crippen molar-refractivity contribution in [2.75, 3.05) is 19.6 Å².